The van der Waals surface area contributed by atoms with E-state index in [1.54, 1.807) is 17.2 Å². The number of likely N-dealkylation sites (tertiary alicyclic amines) is 1. The number of hydrogen-bond donors (Lipinski definition) is 0. The maximum Gasteiger partial charge on any atom is 0.410 e. The van der Waals surface area contributed by atoms with Gasteiger partial charge in [-0.2, -0.15) is 0 Å². The summed E-state index contributed by atoms with van der Waals surface area (Å²) in [5.74, 6) is 0. The molecule has 3 rings (SSSR count). The summed E-state index contributed by atoms with van der Waals surface area (Å²) >= 11 is 9.49. The van der Waals surface area contributed by atoms with Crippen LogP contribution < -0.4 is 0 Å². The van der Waals surface area contributed by atoms with Gasteiger partial charge in [-0.25, -0.2) is 9.78 Å². The highest BCUT2D eigenvalue weighted by molar-refractivity contribution is 9.15. The fourth-order valence-electron chi connectivity index (χ4n) is 3.16. The third-order valence-corrected chi connectivity index (χ3v) is 5.41. The maximum absolute atomic E-state index is 12.0. The molecule has 1 aliphatic carbocycles. The smallest absolute Gasteiger partial charge is 0.410 e. The lowest BCUT2D eigenvalue weighted by Gasteiger charge is -2.56. The summed E-state index contributed by atoms with van der Waals surface area (Å²) in [4.78, 5) is 17.9. The molecule has 2 fully saturated rings. The van der Waals surface area contributed by atoms with Gasteiger partial charge in [0.25, 0.3) is 0 Å². The molecule has 23 heavy (non-hydrogen) atoms. The molecule has 1 spiro atoms. The number of hydrogen-bond acceptors (Lipinski definition) is 3. The number of aromatic nitrogens is 1. The van der Waals surface area contributed by atoms with Crippen molar-refractivity contribution in [3.8, 4) is 0 Å². The molecule has 1 saturated heterocycles. The van der Waals surface area contributed by atoms with Crippen molar-refractivity contribution in [3.05, 3.63) is 34.6 Å². The van der Waals surface area contributed by atoms with E-state index in [4.69, 9.17) is 16.3 Å². The van der Waals surface area contributed by atoms with Crippen LogP contribution in [0.3, 0.4) is 0 Å². The summed E-state index contributed by atoms with van der Waals surface area (Å²) in [6.45, 7) is 7.24. The van der Waals surface area contributed by atoms with Gasteiger partial charge in [0.1, 0.15) is 10.8 Å². The average Bonchev–Trinajstić information content (AvgIpc) is 2.33. The summed E-state index contributed by atoms with van der Waals surface area (Å²) in [6, 6.07) is 3.76. The van der Waals surface area contributed by atoms with Gasteiger partial charge in [-0.1, -0.05) is 33.1 Å². The highest BCUT2D eigenvalue weighted by Crippen LogP contribution is 2.54. The first-order chi connectivity index (χ1) is 10.7. The summed E-state index contributed by atoms with van der Waals surface area (Å²) < 4.78 is 6.50. The van der Waals surface area contributed by atoms with Crippen molar-refractivity contribution in [1.29, 1.82) is 0 Å². The first-order valence-electron chi connectivity index (χ1n) is 7.65. The van der Waals surface area contributed by atoms with Gasteiger partial charge in [-0.15, -0.1) is 0 Å². The summed E-state index contributed by atoms with van der Waals surface area (Å²) in [7, 11) is 0. The average molecular weight is 400 g/mol. The standard InChI is InChI=1S/C17H20BrClN2O2/c1-16(2,3)23-15(22)21-9-17(10-21)6-12(7-17)14(18)11-4-5-13(19)20-8-11/h4-5,8H,6-7,9-10H2,1-3H3. The molecule has 0 aromatic carbocycles. The Bertz CT molecular complexity index is 648. The van der Waals surface area contributed by atoms with E-state index in [0.717, 1.165) is 36.0 Å². The first kappa shape index (κ1) is 16.8. The molecule has 0 bridgehead atoms. The molecule has 6 heteroatoms. The van der Waals surface area contributed by atoms with E-state index < -0.39 is 5.60 Å². The van der Waals surface area contributed by atoms with Crippen LogP contribution in [-0.4, -0.2) is 34.7 Å². The Morgan fingerprint density at radius 2 is 2.00 bits per heavy atom. The number of halogens is 2. The largest absolute Gasteiger partial charge is 0.444 e. The second kappa shape index (κ2) is 5.78. The van der Waals surface area contributed by atoms with E-state index >= 15 is 0 Å². The lowest BCUT2D eigenvalue weighted by atomic mass is 9.60. The Morgan fingerprint density at radius 3 is 2.52 bits per heavy atom. The van der Waals surface area contributed by atoms with E-state index in [2.05, 4.69) is 20.9 Å². The zero-order valence-electron chi connectivity index (χ0n) is 13.5. The minimum absolute atomic E-state index is 0.207. The topological polar surface area (TPSA) is 42.4 Å². The van der Waals surface area contributed by atoms with Crippen LogP contribution in [0.15, 0.2) is 23.9 Å². The second-order valence-corrected chi connectivity index (χ2v) is 8.66. The monoisotopic (exact) mass is 398 g/mol. The van der Waals surface area contributed by atoms with E-state index in [9.17, 15) is 4.79 Å². The molecule has 0 radical (unpaired) electrons. The van der Waals surface area contributed by atoms with Crippen molar-refractivity contribution in [2.75, 3.05) is 13.1 Å². The Balaban J connectivity index is 1.57. The molecular weight excluding hydrogens is 380 g/mol. The van der Waals surface area contributed by atoms with Crippen LogP contribution >= 0.6 is 27.5 Å². The Hall–Kier alpha value is -1.07. The number of carbonyl (C=O) groups is 1. The van der Waals surface area contributed by atoms with Gasteiger partial charge >= 0.3 is 6.09 Å². The predicted molar refractivity (Wildman–Crippen MR) is 94.6 cm³/mol. The van der Waals surface area contributed by atoms with Crippen molar-refractivity contribution in [3.63, 3.8) is 0 Å². The zero-order chi connectivity index (χ0) is 16.8. The third-order valence-electron chi connectivity index (χ3n) is 4.17. The number of ether oxygens (including phenoxy) is 1. The van der Waals surface area contributed by atoms with E-state index in [-0.39, 0.29) is 11.5 Å². The van der Waals surface area contributed by atoms with Crippen molar-refractivity contribution >= 4 is 38.1 Å². The van der Waals surface area contributed by atoms with Gasteiger partial charge in [-0.3, -0.25) is 0 Å². The van der Waals surface area contributed by atoms with Gasteiger partial charge in [0.2, 0.25) is 0 Å². The van der Waals surface area contributed by atoms with Gasteiger partial charge < -0.3 is 9.64 Å². The molecule has 0 unspecified atom stereocenters. The predicted octanol–water partition coefficient (Wildman–Crippen LogP) is 4.87. The third kappa shape index (κ3) is 3.56. The Labute approximate surface area is 150 Å². The van der Waals surface area contributed by atoms with Crippen LogP contribution in [0.25, 0.3) is 4.48 Å². The molecule has 4 nitrogen and oxygen atoms in total. The summed E-state index contributed by atoms with van der Waals surface area (Å²) in [5, 5.41) is 0.496. The van der Waals surface area contributed by atoms with Crippen LogP contribution in [0.4, 0.5) is 4.79 Å². The minimum Gasteiger partial charge on any atom is -0.444 e. The van der Waals surface area contributed by atoms with Crippen molar-refractivity contribution in [2.45, 2.75) is 39.2 Å². The van der Waals surface area contributed by atoms with E-state index in [1.165, 1.54) is 5.57 Å². The molecule has 1 aromatic rings. The zero-order valence-corrected chi connectivity index (χ0v) is 15.9. The summed E-state index contributed by atoms with van der Waals surface area (Å²) in [5.41, 5.74) is 2.22. The van der Waals surface area contributed by atoms with Crippen LogP contribution in [0.2, 0.25) is 5.15 Å². The van der Waals surface area contributed by atoms with Gasteiger partial charge in [0.15, 0.2) is 0 Å². The first-order valence-corrected chi connectivity index (χ1v) is 8.82. The SMILES string of the molecule is CC(C)(C)OC(=O)N1CC2(CC(=C(Br)c3ccc(Cl)nc3)C2)C1. The molecule has 2 heterocycles. The molecule has 1 saturated carbocycles. The number of amides is 1. The molecule has 2 aliphatic rings. The van der Waals surface area contributed by atoms with Crippen LogP contribution in [0, 0.1) is 5.41 Å². The normalized spacial score (nSPS) is 19.2. The molecule has 0 N–H and O–H groups in total. The molecule has 124 valence electrons. The number of carbonyl (C=O) groups excluding carboxylic acids is 1. The quantitative estimate of drug-likeness (QED) is 0.633. The maximum atomic E-state index is 12.0. The molecule has 1 aliphatic heterocycles. The van der Waals surface area contributed by atoms with Crippen molar-refractivity contribution < 1.29 is 9.53 Å². The van der Waals surface area contributed by atoms with Crippen LogP contribution in [0.1, 0.15) is 39.2 Å². The molecule has 1 amide bonds. The molecule has 0 atom stereocenters. The van der Waals surface area contributed by atoms with Gasteiger partial charge in [0.05, 0.1) is 0 Å². The number of allylic oxidation sites excluding steroid dienone is 1. The van der Waals surface area contributed by atoms with Gasteiger partial charge in [0, 0.05) is 34.7 Å². The number of nitrogens with zero attached hydrogens (tertiary/aromatic N) is 2. The Morgan fingerprint density at radius 1 is 1.35 bits per heavy atom. The molecule has 1 aromatic heterocycles. The summed E-state index contributed by atoms with van der Waals surface area (Å²) in [6.07, 6.45) is 3.59. The lowest BCUT2D eigenvalue weighted by molar-refractivity contribution is -0.0499. The van der Waals surface area contributed by atoms with Gasteiger partial charge in [-0.05, 0) is 45.7 Å². The molecular formula is C17H20BrClN2O2. The van der Waals surface area contributed by atoms with Crippen molar-refractivity contribution in [1.82, 2.24) is 9.88 Å². The van der Waals surface area contributed by atoms with Crippen molar-refractivity contribution in [2.24, 2.45) is 5.41 Å². The van der Waals surface area contributed by atoms with Crippen LogP contribution in [-0.2, 0) is 4.74 Å². The Kier molecular flexibility index (Phi) is 4.21. The highest BCUT2D eigenvalue weighted by Gasteiger charge is 2.52. The lowest BCUT2D eigenvalue weighted by Crippen LogP contribution is -2.62. The number of pyridine rings is 1. The fourth-order valence-corrected chi connectivity index (χ4v) is 3.79. The van der Waals surface area contributed by atoms with E-state index in [0.29, 0.717) is 5.15 Å². The number of rotatable bonds is 1. The van der Waals surface area contributed by atoms with E-state index in [1.807, 2.05) is 26.8 Å². The highest BCUT2D eigenvalue weighted by atomic mass is 79.9. The van der Waals surface area contributed by atoms with Crippen LogP contribution in [0.5, 0.6) is 0 Å². The second-order valence-electron chi connectivity index (χ2n) is 7.48. The minimum atomic E-state index is -0.435. The fraction of sp³-hybridized carbons (Fsp3) is 0.529.